The monoisotopic (exact) mass is 603 g/mol. The third kappa shape index (κ3) is 4.97. The maximum atomic E-state index is 12.9. The first-order chi connectivity index (χ1) is 20.3. The summed E-state index contributed by atoms with van der Waals surface area (Å²) < 4.78 is 22.4. The van der Waals surface area contributed by atoms with Crippen LogP contribution in [0.3, 0.4) is 0 Å². The van der Waals surface area contributed by atoms with Gasteiger partial charge < -0.3 is 44.7 Å². The Morgan fingerprint density at radius 3 is 2.58 bits per heavy atom. The van der Waals surface area contributed by atoms with Crippen molar-refractivity contribution in [3.63, 3.8) is 0 Å². The van der Waals surface area contributed by atoms with Crippen LogP contribution in [0.1, 0.15) is 56.6 Å². The Labute approximate surface area is 245 Å². The molecule has 7 atom stereocenters. The van der Waals surface area contributed by atoms with Gasteiger partial charge in [0.15, 0.2) is 29.8 Å². The Hall–Kier alpha value is -4.17. The highest BCUT2D eigenvalue weighted by molar-refractivity contribution is 5.90. The van der Waals surface area contributed by atoms with Gasteiger partial charge in [0.05, 0.1) is 31.0 Å². The molecule has 5 rings (SSSR count). The first-order valence-electron chi connectivity index (χ1n) is 14.0. The zero-order valence-electron chi connectivity index (χ0n) is 23.5. The molecule has 1 aromatic rings. The van der Waals surface area contributed by atoms with Crippen LogP contribution in [0.25, 0.3) is 0 Å². The zero-order chi connectivity index (χ0) is 31.3. The number of benzene rings is 1. The van der Waals surface area contributed by atoms with Crippen LogP contribution in [0.15, 0.2) is 24.0 Å². The normalized spacial score (nSPS) is 28.1. The number of carboxylic acid groups (broad SMARTS) is 2. The van der Waals surface area contributed by atoms with Gasteiger partial charge in [-0.25, -0.2) is 9.59 Å². The van der Waals surface area contributed by atoms with Crippen LogP contribution in [-0.4, -0.2) is 87.3 Å². The minimum Gasteiger partial charge on any atom is -0.493 e. The molecule has 4 aliphatic rings. The quantitative estimate of drug-likeness (QED) is 0.216. The van der Waals surface area contributed by atoms with E-state index < -0.39 is 78.0 Å². The van der Waals surface area contributed by atoms with Crippen LogP contribution in [0, 0.1) is 5.92 Å². The number of ether oxygens (including phenoxy) is 4. The first-order valence-corrected chi connectivity index (χ1v) is 14.0. The maximum Gasteiger partial charge on any atom is 0.340 e. The molecule has 1 aliphatic heterocycles. The average Bonchev–Trinajstić information content (AvgIpc) is 3.28. The van der Waals surface area contributed by atoms with E-state index in [2.05, 4.69) is 0 Å². The van der Waals surface area contributed by atoms with Gasteiger partial charge in [-0.05, 0) is 56.2 Å². The number of esters is 2. The number of carboxylic acids is 2. The fourth-order valence-corrected chi connectivity index (χ4v) is 7.07. The van der Waals surface area contributed by atoms with E-state index in [-0.39, 0.29) is 18.1 Å². The molecule has 1 aromatic carbocycles. The average molecular weight is 604 g/mol. The molecule has 3 aliphatic carbocycles. The molecule has 1 spiro atoms. The lowest BCUT2D eigenvalue weighted by atomic mass is 9.47. The molecule has 0 saturated heterocycles. The third-order valence-corrected chi connectivity index (χ3v) is 8.99. The van der Waals surface area contributed by atoms with Gasteiger partial charge in [-0.2, -0.15) is 0 Å². The summed E-state index contributed by atoms with van der Waals surface area (Å²) in [7, 11) is 1.51. The lowest BCUT2D eigenvalue weighted by molar-refractivity contribution is -0.168. The highest BCUT2D eigenvalue weighted by Gasteiger charge is 2.71. The summed E-state index contributed by atoms with van der Waals surface area (Å²) in [6, 6.07) is 2.02. The van der Waals surface area contributed by atoms with Crippen LogP contribution in [0.5, 0.6) is 11.5 Å². The second-order valence-corrected chi connectivity index (χ2v) is 11.4. The second kappa shape index (κ2) is 11.2. The SMILES string of the molecule is COc1ccc2c3c1O[C@@H]1C(OC(=O)[C@@H](O)CC(=O)O[C@@H](C)C(=O)N[C@H](CC(=O)O)C(=O)O)=CC[C@]4(O)[C@@H](CCC[C@@]314)C2. The number of hydrogen-bond acceptors (Lipinski definition) is 11. The van der Waals surface area contributed by atoms with Gasteiger partial charge in [0, 0.05) is 5.56 Å². The summed E-state index contributed by atoms with van der Waals surface area (Å²) in [5.41, 5.74) is -0.140. The van der Waals surface area contributed by atoms with Crippen molar-refractivity contribution in [2.24, 2.45) is 5.92 Å². The predicted octanol–water partition coefficient (Wildman–Crippen LogP) is 0.339. The van der Waals surface area contributed by atoms with Crippen LogP contribution in [0.2, 0.25) is 0 Å². The molecule has 2 bridgehead atoms. The molecule has 0 unspecified atom stereocenters. The molecule has 1 fully saturated rings. The molecule has 14 heteroatoms. The van der Waals surface area contributed by atoms with Crippen molar-refractivity contribution in [1.29, 1.82) is 0 Å². The summed E-state index contributed by atoms with van der Waals surface area (Å²) in [6.45, 7) is 1.12. The minimum atomic E-state index is -1.99. The molecule has 1 amide bonds. The molecular weight excluding hydrogens is 570 g/mol. The molecule has 232 valence electrons. The third-order valence-electron chi connectivity index (χ3n) is 8.99. The summed E-state index contributed by atoms with van der Waals surface area (Å²) in [5.74, 6) is -5.44. The molecule has 1 heterocycles. The number of nitrogens with one attached hydrogen (secondary N) is 1. The van der Waals surface area contributed by atoms with Crippen LogP contribution in [0.4, 0.5) is 0 Å². The van der Waals surface area contributed by atoms with E-state index in [1.165, 1.54) is 7.11 Å². The number of aliphatic hydroxyl groups excluding tert-OH is 1. The van der Waals surface area contributed by atoms with E-state index in [1.807, 2.05) is 17.4 Å². The van der Waals surface area contributed by atoms with E-state index in [0.29, 0.717) is 24.3 Å². The Morgan fingerprint density at radius 2 is 1.91 bits per heavy atom. The number of aliphatic carboxylic acids is 2. The summed E-state index contributed by atoms with van der Waals surface area (Å²) in [5, 5.41) is 42.4. The molecule has 0 aromatic heterocycles. The molecule has 43 heavy (non-hydrogen) atoms. The number of aliphatic hydroxyl groups is 2. The van der Waals surface area contributed by atoms with Gasteiger partial charge in [0.2, 0.25) is 0 Å². The first kappa shape index (κ1) is 30.3. The van der Waals surface area contributed by atoms with Gasteiger partial charge >= 0.3 is 23.9 Å². The Balaban J connectivity index is 1.26. The van der Waals surface area contributed by atoms with Gasteiger partial charge in [0.1, 0.15) is 11.8 Å². The number of hydrogen-bond donors (Lipinski definition) is 5. The minimum absolute atomic E-state index is 0.0258. The highest BCUT2D eigenvalue weighted by Crippen LogP contribution is 2.67. The van der Waals surface area contributed by atoms with E-state index >= 15 is 0 Å². The van der Waals surface area contributed by atoms with Gasteiger partial charge in [-0.1, -0.05) is 12.5 Å². The van der Waals surface area contributed by atoms with E-state index in [0.717, 1.165) is 30.9 Å². The second-order valence-electron chi connectivity index (χ2n) is 11.4. The van der Waals surface area contributed by atoms with Crippen molar-refractivity contribution in [2.45, 2.75) is 87.2 Å². The Kier molecular flexibility index (Phi) is 7.86. The standard InChI is InChI=1S/C29H33NO13/c1-13(25(35)30-16(26(36)37)11-20(32)33)41-21(34)12-17(31)27(38)42-19-7-9-29(39)15-4-3-8-28(29)22-14(10-15)5-6-18(40-2)23(22)43-24(19)28/h5-7,13,15-17,24,31,39H,3-4,8-12H2,1-2H3,(H,30,35)(H,32,33)(H,36,37)/t13-,15-,16+,17-,24+,28+,29-/m0/s1. The smallest absolute Gasteiger partial charge is 0.340 e. The molecule has 0 radical (unpaired) electrons. The van der Waals surface area contributed by atoms with Crippen molar-refractivity contribution in [3.05, 3.63) is 35.1 Å². The van der Waals surface area contributed by atoms with Crippen LogP contribution < -0.4 is 14.8 Å². The van der Waals surface area contributed by atoms with Gasteiger partial charge in [-0.15, -0.1) is 0 Å². The maximum absolute atomic E-state index is 12.9. The molecule has 5 N–H and O–H groups in total. The largest absolute Gasteiger partial charge is 0.493 e. The number of methoxy groups -OCH3 is 1. The summed E-state index contributed by atoms with van der Waals surface area (Å²) >= 11 is 0. The molecule has 14 nitrogen and oxygen atoms in total. The lowest BCUT2D eigenvalue weighted by Gasteiger charge is -2.59. The zero-order valence-corrected chi connectivity index (χ0v) is 23.5. The fourth-order valence-electron chi connectivity index (χ4n) is 7.07. The van der Waals surface area contributed by atoms with Gasteiger partial charge in [0.25, 0.3) is 5.91 Å². The fraction of sp³-hybridized carbons (Fsp3) is 0.552. The van der Waals surface area contributed by atoms with Crippen molar-refractivity contribution >= 4 is 29.8 Å². The van der Waals surface area contributed by atoms with Crippen molar-refractivity contribution in [1.82, 2.24) is 5.32 Å². The summed E-state index contributed by atoms with van der Waals surface area (Å²) in [6.07, 6.45) is -1.50. The number of amides is 1. The Morgan fingerprint density at radius 1 is 1.16 bits per heavy atom. The van der Waals surface area contributed by atoms with Crippen LogP contribution >= 0.6 is 0 Å². The highest BCUT2D eigenvalue weighted by atomic mass is 16.6. The lowest BCUT2D eigenvalue weighted by Crippen LogP contribution is -2.67. The van der Waals surface area contributed by atoms with Crippen molar-refractivity contribution in [2.75, 3.05) is 7.11 Å². The number of carbonyl (C=O) groups excluding carboxylic acids is 3. The van der Waals surface area contributed by atoms with E-state index in [4.69, 9.17) is 29.2 Å². The molecular formula is C29H33NO13. The number of carbonyl (C=O) groups is 5. The van der Waals surface area contributed by atoms with Crippen molar-refractivity contribution in [3.8, 4) is 11.5 Å². The summed E-state index contributed by atoms with van der Waals surface area (Å²) in [4.78, 5) is 59.5. The van der Waals surface area contributed by atoms with Crippen LogP contribution in [-0.2, 0) is 45.3 Å². The molecule has 1 saturated carbocycles. The van der Waals surface area contributed by atoms with Crippen molar-refractivity contribution < 1.29 is 63.3 Å². The Bertz CT molecular complexity index is 1400. The van der Waals surface area contributed by atoms with E-state index in [9.17, 15) is 34.2 Å². The van der Waals surface area contributed by atoms with E-state index in [1.54, 1.807) is 6.08 Å². The van der Waals surface area contributed by atoms with Gasteiger partial charge in [-0.3, -0.25) is 14.4 Å². The predicted molar refractivity (Wildman–Crippen MR) is 142 cm³/mol. The number of rotatable bonds is 11. The topological polar surface area (TPSA) is 215 Å².